The summed E-state index contributed by atoms with van der Waals surface area (Å²) in [6, 6.07) is 13.3. The second-order valence-corrected chi connectivity index (χ2v) is 7.70. The van der Waals surface area contributed by atoms with E-state index < -0.39 is 11.9 Å². The highest BCUT2D eigenvalue weighted by Gasteiger charge is 2.29. The van der Waals surface area contributed by atoms with Gasteiger partial charge in [-0.15, -0.1) is 0 Å². The Morgan fingerprint density at radius 1 is 0.968 bits per heavy atom. The molecule has 1 heterocycles. The molecular formula is C24H27FN2O4. The van der Waals surface area contributed by atoms with Crippen molar-refractivity contribution in [1.29, 1.82) is 0 Å². The van der Waals surface area contributed by atoms with Gasteiger partial charge in [0.25, 0.3) is 11.8 Å². The Morgan fingerprint density at radius 3 is 2.19 bits per heavy atom. The summed E-state index contributed by atoms with van der Waals surface area (Å²) >= 11 is 0. The number of aryl methyl sites for hydroxylation is 1. The van der Waals surface area contributed by atoms with Gasteiger partial charge in [0.1, 0.15) is 17.3 Å². The number of halogens is 1. The number of rotatable bonds is 7. The average molecular weight is 426 g/mol. The van der Waals surface area contributed by atoms with Crippen molar-refractivity contribution in [3.8, 4) is 5.75 Å². The molecule has 0 saturated carbocycles. The highest BCUT2D eigenvalue weighted by Crippen LogP contribution is 2.17. The zero-order valence-corrected chi connectivity index (χ0v) is 17.8. The molecule has 0 radical (unpaired) electrons. The second kappa shape index (κ2) is 10.2. The van der Waals surface area contributed by atoms with Gasteiger partial charge in [0.05, 0.1) is 5.56 Å². The molecule has 2 aromatic rings. The number of hydrogen-bond acceptors (Lipinski definition) is 4. The number of piperazine rings is 1. The molecule has 1 aliphatic rings. The minimum absolute atomic E-state index is 0.0470. The zero-order chi connectivity index (χ0) is 22.4. The molecule has 0 aliphatic carbocycles. The lowest BCUT2D eigenvalue weighted by molar-refractivity contribution is -0.139. The Kier molecular flexibility index (Phi) is 7.39. The van der Waals surface area contributed by atoms with Crippen LogP contribution in [-0.4, -0.2) is 59.7 Å². The van der Waals surface area contributed by atoms with E-state index in [4.69, 9.17) is 4.74 Å². The van der Waals surface area contributed by atoms with Gasteiger partial charge in [0, 0.05) is 32.6 Å². The van der Waals surface area contributed by atoms with Crippen LogP contribution >= 0.6 is 0 Å². The number of ketones is 1. The molecule has 7 heteroatoms. The molecule has 2 amide bonds. The predicted molar refractivity (Wildman–Crippen MR) is 114 cm³/mol. The van der Waals surface area contributed by atoms with Crippen LogP contribution in [0.5, 0.6) is 5.75 Å². The molecule has 0 spiro atoms. The van der Waals surface area contributed by atoms with E-state index in [0.29, 0.717) is 44.8 Å². The first-order valence-electron chi connectivity index (χ1n) is 10.4. The van der Waals surface area contributed by atoms with Crippen molar-refractivity contribution in [3.63, 3.8) is 0 Å². The molecule has 0 aromatic heterocycles. The molecule has 1 saturated heterocycles. The third-order valence-electron chi connectivity index (χ3n) is 5.33. The lowest BCUT2D eigenvalue weighted by Gasteiger charge is -2.36. The van der Waals surface area contributed by atoms with Gasteiger partial charge in [-0.1, -0.05) is 24.3 Å². The topological polar surface area (TPSA) is 66.9 Å². The van der Waals surface area contributed by atoms with Crippen molar-refractivity contribution in [1.82, 2.24) is 9.80 Å². The van der Waals surface area contributed by atoms with Crippen molar-refractivity contribution in [2.75, 3.05) is 26.2 Å². The van der Waals surface area contributed by atoms with Crippen LogP contribution in [0.2, 0.25) is 0 Å². The third kappa shape index (κ3) is 5.90. The molecule has 3 rings (SSSR count). The molecule has 1 fully saturated rings. The second-order valence-electron chi connectivity index (χ2n) is 7.70. The average Bonchev–Trinajstić information content (AvgIpc) is 2.78. The molecule has 1 atom stereocenters. The van der Waals surface area contributed by atoms with Gasteiger partial charge in [0.15, 0.2) is 6.10 Å². The van der Waals surface area contributed by atoms with Crippen molar-refractivity contribution in [2.45, 2.75) is 32.8 Å². The summed E-state index contributed by atoms with van der Waals surface area (Å²) in [6.07, 6.45) is 0.511. The zero-order valence-electron chi connectivity index (χ0n) is 17.8. The van der Waals surface area contributed by atoms with Crippen molar-refractivity contribution >= 4 is 17.6 Å². The van der Waals surface area contributed by atoms with E-state index in [1.165, 1.54) is 12.1 Å². The summed E-state index contributed by atoms with van der Waals surface area (Å²) in [6.45, 7) is 4.70. The number of carbonyl (C=O) groups excluding carboxylic acids is 3. The smallest absolute Gasteiger partial charge is 0.263 e. The number of benzene rings is 2. The van der Waals surface area contributed by atoms with Crippen molar-refractivity contribution in [2.24, 2.45) is 0 Å². The van der Waals surface area contributed by atoms with Crippen molar-refractivity contribution in [3.05, 3.63) is 65.5 Å². The van der Waals surface area contributed by atoms with E-state index in [9.17, 15) is 18.8 Å². The number of hydrogen-bond donors (Lipinski definition) is 0. The molecule has 1 unspecified atom stereocenters. The number of Topliss-reactive ketones (excluding diaryl/α,β-unsaturated/α-hetero) is 1. The van der Waals surface area contributed by atoms with Gasteiger partial charge < -0.3 is 19.3 Å². The van der Waals surface area contributed by atoms with Gasteiger partial charge in [0.2, 0.25) is 0 Å². The van der Waals surface area contributed by atoms with E-state index in [0.717, 1.165) is 5.56 Å². The van der Waals surface area contributed by atoms with Gasteiger partial charge in [-0.2, -0.15) is 0 Å². The quantitative estimate of drug-likeness (QED) is 0.682. The summed E-state index contributed by atoms with van der Waals surface area (Å²) < 4.78 is 19.7. The molecule has 6 nitrogen and oxygen atoms in total. The normalized spacial score (nSPS) is 14.8. The van der Waals surface area contributed by atoms with Gasteiger partial charge in [-0.25, -0.2) is 4.39 Å². The van der Waals surface area contributed by atoms with E-state index in [1.54, 1.807) is 47.9 Å². The lowest BCUT2D eigenvalue weighted by atomic mass is 10.1. The van der Waals surface area contributed by atoms with Crippen LogP contribution in [0.1, 0.15) is 36.2 Å². The van der Waals surface area contributed by atoms with E-state index in [1.807, 2.05) is 12.1 Å². The Bertz CT molecular complexity index is 937. The van der Waals surface area contributed by atoms with Crippen LogP contribution in [-0.2, 0) is 16.0 Å². The van der Waals surface area contributed by atoms with Gasteiger partial charge in [-0.05, 0) is 50.1 Å². The van der Waals surface area contributed by atoms with E-state index in [-0.39, 0.29) is 23.2 Å². The van der Waals surface area contributed by atoms with E-state index in [2.05, 4.69) is 0 Å². The molecule has 164 valence electrons. The Balaban J connectivity index is 1.50. The highest BCUT2D eigenvalue weighted by atomic mass is 19.1. The molecule has 1 aliphatic heterocycles. The van der Waals surface area contributed by atoms with Gasteiger partial charge in [-0.3, -0.25) is 9.59 Å². The summed E-state index contributed by atoms with van der Waals surface area (Å²) in [5.41, 5.74) is 1.09. The molecule has 31 heavy (non-hydrogen) atoms. The van der Waals surface area contributed by atoms with Crippen molar-refractivity contribution < 1.29 is 23.5 Å². The Labute approximate surface area is 181 Å². The summed E-state index contributed by atoms with van der Waals surface area (Å²) in [5, 5.41) is 0. The number of amides is 2. The van der Waals surface area contributed by atoms with Crippen LogP contribution in [0, 0.1) is 5.82 Å². The fraction of sp³-hybridized carbons (Fsp3) is 0.375. The molecule has 2 aromatic carbocycles. The third-order valence-corrected chi connectivity index (χ3v) is 5.33. The maximum absolute atomic E-state index is 13.9. The monoisotopic (exact) mass is 426 g/mol. The van der Waals surface area contributed by atoms with Crippen LogP contribution in [0.15, 0.2) is 48.5 Å². The summed E-state index contributed by atoms with van der Waals surface area (Å²) in [7, 11) is 0. The summed E-state index contributed by atoms with van der Waals surface area (Å²) in [4.78, 5) is 39.6. The highest BCUT2D eigenvalue weighted by molar-refractivity contribution is 5.94. The standard InChI is InChI=1S/C24H27FN2O4/c1-17(28)7-8-19-9-11-20(12-10-19)31-18(2)23(29)26-13-15-27(16-14-26)24(30)21-5-3-4-6-22(21)25/h3-6,9-12,18H,7-8,13-16H2,1-2H3. The predicted octanol–water partition coefficient (Wildman–Crippen LogP) is 3.10. The first-order valence-corrected chi connectivity index (χ1v) is 10.4. The van der Waals surface area contributed by atoms with Crippen LogP contribution in [0.3, 0.4) is 0 Å². The number of nitrogens with zero attached hydrogens (tertiary/aromatic N) is 2. The van der Waals surface area contributed by atoms with Crippen LogP contribution < -0.4 is 4.74 Å². The minimum atomic E-state index is -0.670. The number of carbonyl (C=O) groups is 3. The Hall–Kier alpha value is -3.22. The molecular weight excluding hydrogens is 399 g/mol. The SMILES string of the molecule is CC(=O)CCc1ccc(OC(C)C(=O)N2CCN(C(=O)c3ccccc3F)CC2)cc1. The maximum Gasteiger partial charge on any atom is 0.263 e. The molecule has 0 N–H and O–H groups in total. The van der Waals surface area contributed by atoms with Crippen LogP contribution in [0.25, 0.3) is 0 Å². The summed E-state index contributed by atoms with van der Waals surface area (Å²) in [5.74, 6) is -0.325. The van der Waals surface area contributed by atoms with Crippen LogP contribution in [0.4, 0.5) is 4.39 Å². The lowest BCUT2D eigenvalue weighted by Crippen LogP contribution is -2.53. The number of ether oxygens (including phenoxy) is 1. The first kappa shape index (κ1) is 22.5. The minimum Gasteiger partial charge on any atom is -0.481 e. The molecule has 0 bridgehead atoms. The Morgan fingerprint density at radius 2 is 1.58 bits per heavy atom. The van der Waals surface area contributed by atoms with E-state index >= 15 is 0 Å². The fourth-order valence-electron chi connectivity index (χ4n) is 3.50. The first-order chi connectivity index (χ1) is 14.8. The largest absolute Gasteiger partial charge is 0.481 e. The fourth-order valence-corrected chi connectivity index (χ4v) is 3.50. The maximum atomic E-state index is 13.9. The van der Waals surface area contributed by atoms with Gasteiger partial charge >= 0.3 is 0 Å².